The van der Waals surface area contributed by atoms with Gasteiger partial charge in [-0.15, -0.1) is 0 Å². The molecular weight excluding hydrogens is 238 g/mol. The molecule has 100 valence electrons. The highest BCUT2D eigenvalue weighted by Gasteiger charge is 2.20. The summed E-state index contributed by atoms with van der Waals surface area (Å²) in [6.45, 7) is 2.09. The second-order valence-corrected chi connectivity index (χ2v) is 4.87. The minimum absolute atomic E-state index is 0.0602. The Hall–Kier alpha value is -0.710. The van der Waals surface area contributed by atoms with Gasteiger partial charge in [0.05, 0.1) is 7.11 Å². The van der Waals surface area contributed by atoms with Crippen LogP contribution < -0.4 is 5.32 Å². The molecule has 17 heavy (non-hydrogen) atoms. The lowest BCUT2D eigenvalue weighted by atomic mass is 10.1. The van der Waals surface area contributed by atoms with Crippen molar-refractivity contribution in [2.24, 2.45) is 0 Å². The first-order chi connectivity index (χ1) is 8.15. The molecule has 1 atom stereocenters. The minimum Gasteiger partial charge on any atom is -0.467 e. The lowest BCUT2D eigenvalue weighted by molar-refractivity contribution is -0.145. The Morgan fingerprint density at radius 1 is 1.35 bits per heavy atom. The second-order valence-electron chi connectivity index (χ2n) is 3.88. The Balaban J connectivity index is 4.03. The SMILES string of the molecule is CCCCCC(=O)NC(CCSC)C(=O)OC. The van der Waals surface area contributed by atoms with Gasteiger partial charge in [0.1, 0.15) is 6.04 Å². The molecule has 0 fully saturated rings. The van der Waals surface area contributed by atoms with E-state index in [1.807, 2.05) is 6.26 Å². The largest absolute Gasteiger partial charge is 0.467 e. The smallest absolute Gasteiger partial charge is 0.328 e. The summed E-state index contributed by atoms with van der Waals surface area (Å²) in [5.74, 6) is 0.410. The molecule has 0 saturated carbocycles. The zero-order valence-corrected chi connectivity index (χ0v) is 11.8. The van der Waals surface area contributed by atoms with Gasteiger partial charge in [-0.3, -0.25) is 4.79 Å². The number of esters is 1. The van der Waals surface area contributed by atoms with Crippen molar-refractivity contribution in [3.8, 4) is 0 Å². The second kappa shape index (κ2) is 10.4. The Labute approximate surface area is 108 Å². The number of thioether (sulfide) groups is 1. The quantitative estimate of drug-likeness (QED) is 0.509. The van der Waals surface area contributed by atoms with Crippen LogP contribution in [-0.2, 0) is 14.3 Å². The zero-order chi connectivity index (χ0) is 13.1. The Kier molecular flexibility index (Phi) is 10.0. The van der Waals surface area contributed by atoms with Crippen molar-refractivity contribution in [1.82, 2.24) is 5.32 Å². The third-order valence-corrected chi connectivity index (χ3v) is 3.08. The third-order valence-electron chi connectivity index (χ3n) is 2.44. The Morgan fingerprint density at radius 3 is 2.59 bits per heavy atom. The number of carbonyl (C=O) groups excluding carboxylic acids is 2. The maximum Gasteiger partial charge on any atom is 0.328 e. The number of unbranched alkanes of at least 4 members (excludes halogenated alkanes) is 2. The summed E-state index contributed by atoms with van der Waals surface area (Å²) in [4.78, 5) is 23.0. The highest BCUT2D eigenvalue weighted by atomic mass is 32.2. The normalized spacial score (nSPS) is 11.9. The van der Waals surface area contributed by atoms with E-state index in [0.29, 0.717) is 12.8 Å². The summed E-state index contributed by atoms with van der Waals surface area (Å²) >= 11 is 1.65. The van der Waals surface area contributed by atoms with Gasteiger partial charge in [-0.05, 0) is 24.9 Å². The van der Waals surface area contributed by atoms with E-state index in [0.717, 1.165) is 25.0 Å². The molecule has 5 heteroatoms. The predicted octanol–water partition coefficient (Wildman–Crippen LogP) is 1.98. The fourth-order valence-corrected chi connectivity index (χ4v) is 1.90. The van der Waals surface area contributed by atoms with Crippen LogP contribution in [0.2, 0.25) is 0 Å². The number of carbonyl (C=O) groups is 2. The van der Waals surface area contributed by atoms with Crippen LogP contribution in [0.1, 0.15) is 39.0 Å². The van der Waals surface area contributed by atoms with Gasteiger partial charge in [0.25, 0.3) is 0 Å². The number of rotatable bonds is 9. The van der Waals surface area contributed by atoms with Crippen LogP contribution in [0.5, 0.6) is 0 Å². The lowest BCUT2D eigenvalue weighted by Crippen LogP contribution is -2.41. The summed E-state index contributed by atoms with van der Waals surface area (Å²) in [7, 11) is 1.34. The van der Waals surface area contributed by atoms with Crippen molar-refractivity contribution in [2.45, 2.75) is 45.1 Å². The number of nitrogens with one attached hydrogen (secondary N) is 1. The van der Waals surface area contributed by atoms with E-state index in [-0.39, 0.29) is 11.9 Å². The highest BCUT2D eigenvalue weighted by Crippen LogP contribution is 2.04. The fraction of sp³-hybridized carbons (Fsp3) is 0.833. The van der Waals surface area contributed by atoms with Crippen molar-refractivity contribution in [2.75, 3.05) is 19.1 Å². The van der Waals surface area contributed by atoms with Crippen molar-refractivity contribution >= 4 is 23.6 Å². The van der Waals surface area contributed by atoms with Gasteiger partial charge >= 0.3 is 5.97 Å². The molecule has 0 saturated heterocycles. The first kappa shape index (κ1) is 16.3. The average Bonchev–Trinajstić information content (AvgIpc) is 2.33. The molecule has 0 rings (SSSR count). The number of hydrogen-bond acceptors (Lipinski definition) is 4. The average molecular weight is 261 g/mol. The standard InChI is InChI=1S/C12H23NO3S/c1-4-5-6-7-11(14)13-10(8-9-17-3)12(15)16-2/h10H,4-9H2,1-3H3,(H,13,14). The van der Waals surface area contributed by atoms with Crippen LogP contribution in [0.3, 0.4) is 0 Å². The third kappa shape index (κ3) is 8.07. The molecule has 0 spiro atoms. The molecule has 0 radical (unpaired) electrons. The molecule has 0 aromatic carbocycles. The minimum atomic E-state index is -0.499. The van der Waals surface area contributed by atoms with Crippen molar-refractivity contribution in [3.63, 3.8) is 0 Å². The van der Waals surface area contributed by atoms with Gasteiger partial charge in [-0.2, -0.15) is 11.8 Å². The molecule has 0 aliphatic carbocycles. The number of ether oxygens (including phenoxy) is 1. The molecular formula is C12H23NO3S. The van der Waals surface area contributed by atoms with Crippen LogP contribution in [-0.4, -0.2) is 37.0 Å². The van der Waals surface area contributed by atoms with Crippen LogP contribution in [0.25, 0.3) is 0 Å². The van der Waals surface area contributed by atoms with E-state index in [4.69, 9.17) is 0 Å². The number of hydrogen-bond donors (Lipinski definition) is 1. The maximum absolute atomic E-state index is 11.6. The van der Waals surface area contributed by atoms with E-state index in [2.05, 4.69) is 17.0 Å². The highest BCUT2D eigenvalue weighted by molar-refractivity contribution is 7.98. The fourth-order valence-electron chi connectivity index (χ4n) is 1.43. The number of amides is 1. The monoisotopic (exact) mass is 261 g/mol. The van der Waals surface area contributed by atoms with Gasteiger partial charge in [-0.25, -0.2) is 4.79 Å². The van der Waals surface area contributed by atoms with E-state index < -0.39 is 6.04 Å². The van der Waals surface area contributed by atoms with E-state index in [1.165, 1.54) is 7.11 Å². The summed E-state index contributed by atoms with van der Waals surface area (Å²) in [5, 5.41) is 2.73. The molecule has 0 aliphatic heterocycles. The van der Waals surface area contributed by atoms with E-state index in [1.54, 1.807) is 11.8 Å². The van der Waals surface area contributed by atoms with Crippen LogP contribution in [0.4, 0.5) is 0 Å². The van der Waals surface area contributed by atoms with Crippen LogP contribution in [0.15, 0.2) is 0 Å². The molecule has 0 aromatic heterocycles. The topological polar surface area (TPSA) is 55.4 Å². The molecule has 1 N–H and O–H groups in total. The van der Waals surface area contributed by atoms with Crippen LogP contribution in [0, 0.1) is 0 Å². The van der Waals surface area contributed by atoms with Gasteiger partial charge < -0.3 is 10.1 Å². The van der Waals surface area contributed by atoms with E-state index >= 15 is 0 Å². The Morgan fingerprint density at radius 2 is 2.06 bits per heavy atom. The molecule has 0 bridgehead atoms. The van der Waals surface area contributed by atoms with E-state index in [9.17, 15) is 9.59 Å². The van der Waals surface area contributed by atoms with Gasteiger partial charge in [0.15, 0.2) is 0 Å². The summed E-state index contributed by atoms with van der Waals surface area (Å²) < 4.78 is 4.67. The lowest BCUT2D eigenvalue weighted by Gasteiger charge is -2.15. The maximum atomic E-state index is 11.6. The molecule has 1 amide bonds. The number of methoxy groups -OCH3 is 1. The van der Waals surface area contributed by atoms with Gasteiger partial charge in [0.2, 0.25) is 5.91 Å². The molecule has 0 heterocycles. The Bertz CT molecular complexity index is 234. The first-order valence-electron chi connectivity index (χ1n) is 6.01. The van der Waals surface area contributed by atoms with Crippen molar-refractivity contribution < 1.29 is 14.3 Å². The summed E-state index contributed by atoms with van der Waals surface area (Å²) in [5.41, 5.74) is 0. The molecule has 1 unspecified atom stereocenters. The predicted molar refractivity (Wildman–Crippen MR) is 71.1 cm³/mol. The van der Waals surface area contributed by atoms with Crippen molar-refractivity contribution in [1.29, 1.82) is 0 Å². The van der Waals surface area contributed by atoms with Gasteiger partial charge in [-0.1, -0.05) is 19.8 Å². The zero-order valence-electron chi connectivity index (χ0n) is 11.0. The first-order valence-corrected chi connectivity index (χ1v) is 7.41. The molecule has 0 aromatic rings. The van der Waals surface area contributed by atoms with Crippen LogP contribution >= 0.6 is 11.8 Å². The van der Waals surface area contributed by atoms with Crippen molar-refractivity contribution in [3.05, 3.63) is 0 Å². The van der Waals surface area contributed by atoms with Gasteiger partial charge in [0, 0.05) is 6.42 Å². The molecule has 4 nitrogen and oxygen atoms in total. The summed E-state index contributed by atoms with van der Waals surface area (Å²) in [6.07, 6.45) is 6.07. The molecule has 0 aliphatic rings. The summed E-state index contributed by atoms with van der Waals surface area (Å²) in [6, 6.07) is -0.499.